The van der Waals surface area contributed by atoms with E-state index in [1.807, 2.05) is 0 Å². The molecule has 172 valence electrons. The number of benzene rings is 1. The Hall–Kier alpha value is -1.62. The third-order valence-electron chi connectivity index (χ3n) is 3.59. The first kappa shape index (κ1) is 26.4. The molecular formula is C21H33FO8. The van der Waals surface area contributed by atoms with Crippen molar-refractivity contribution in [1.82, 2.24) is 0 Å². The molecule has 1 rings (SSSR count). The molecule has 1 aromatic rings. The van der Waals surface area contributed by atoms with Crippen molar-refractivity contribution in [2.45, 2.75) is 0 Å². The summed E-state index contributed by atoms with van der Waals surface area (Å²) >= 11 is 0. The quantitative estimate of drug-likeness (QED) is 0.203. The summed E-state index contributed by atoms with van der Waals surface area (Å²) in [5.74, 6) is 0.703. The fourth-order valence-corrected chi connectivity index (χ4v) is 2.12. The zero-order chi connectivity index (χ0) is 21.5. The molecule has 0 aromatic heterocycles. The van der Waals surface area contributed by atoms with Crippen LogP contribution in [-0.2, 0) is 28.4 Å². The van der Waals surface area contributed by atoms with Crippen molar-refractivity contribution in [3.63, 3.8) is 0 Å². The minimum atomic E-state index is -0.473. The van der Waals surface area contributed by atoms with Gasteiger partial charge >= 0.3 is 0 Å². The highest BCUT2D eigenvalue weighted by atomic mass is 19.1. The van der Waals surface area contributed by atoms with Crippen molar-refractivity contribution < 1.29 is 42.3 Å². The van der Waals surface area contributed by atoms with E-state index in [1.165, 1.54) is 0 Å². The summed E-state index contributed by atoms with van der Waals surface area (Å²) in [6.45, 7) is 5.24. The van der Waals surface area contributed by atoms with E-state index in [9.17, 15) is 9.18 Å². The van der Waals surface area contributed by atoms with Gasteiger partial charge < -0.3 is 33.2 Å². The van der Waals surface area contributed by atoms with Gasteiger partial charge in [-0.05, 0) is 24.3 Å². The Bertz CT molecular complexity index is 500. The highest BCUT2D eigenvalue weighted by molar-refractivity contribution is 5.74. The van der Waals surface area contributed by atoms with Crippen LogP contribution in [0.3, 0.4) is 0 Å². The molecule has 0 bridgehead atoms. The maximum absolute atomic E-state index is 11.8. The molecular weight excluding hydrogens is 399 g/mol. The monoisotopic (exact) mass is 432 g/mol. The predicted molar refractivity (Wildman–Crippen MR) is 108 cm³/mol. The minimum absolute atomic E-state index is 0.114. The molecule has 0 spiro atoms. The van der Waals surface area contributed by atoms with Crippen molar-refractivity contribution >= 4 is 6.29 Å². The topological polar surface area (TPSA) is 81.7 Å². The van der Waals surface area contributed by atoms with Crippen molar-refractivity contribution in [2.24, 2.45) is 0 Å². The number of aldehydes is 1. The molecule has 0 heterocycles. The Balaban J connectivity index is 1.72. The molecule has 9 heteroatoms. The van der Waals surface area contributed by atoms with Gasteiger partial charge in [0.15, 0.2) is 0 Å². The van der Waals surface area contributed by atoms with E-state index in [1.54, 1.807) is 24.3 Å². The average Bonchev–Trinajstić information content (AvgIpc) is 2.78. The second kappa shape index (κ2) is 20.6. The predicted octanol–water partition coefficient (Wildman–Crippen LogP) is 1.95. The fraction of sp³-hybridized carbons (Fsp3) is 0.667. The highest BCUT2D eigenvalue weighted by Crippen LogP contribution is 2.10. The molecule has 30 heavy (non-hydrogen) atoms. The summed E-state index contributed by atoms with van der Waals surface area (Å²) in [4.78, 5) is 10.6. The van der Waals surface area contributed by atoms with Crippen molar-refractivity contribution in [3.8, 4) is 5.75 Å². The molecule has 8 nitrogen and oxygen atoms in total. The molecule has 0 atom stereocenters. The van der Waals surface area contributed by atoms with Crippen LogP contribution < -0.4 is 4.74 Å². The third-order valence-corrected chi connectivity index (χ3v) is 3.59. The van der Waals surface area contributed by atoms with Crippen LogP contribution >= 0.6 is 0 Å². The molecule has 0 radical (unpaired) electrons. The summed E-state index contributed by atoms with van der Waals surface area (Å²) in [6.07, 6.45) is 0.793. The van der Waals surface area contributed by atoms with Gasteiger partial charge in [-0.3, -0.25) is 4.79 Å². The maximum atomic E-state index is 11.8. The number of carbonyl (C=O) groups is 1. The van der Waals surface area contributed by atoms with Crippen molar-refractivity contribution in [3.05, 3.63) is 29.8 Å². The van der Waals surface area contributed by atoms with E-state index < -0.39 is 6.67 Å². The third kappa shape index (κ3) is 16.2. The van der Waals surface area contributed by atoms with Gasteiger partial charge in [-0.15, -0.1) is 0 Å². The summed E-state index contributed by atoms with van der Waals surface area (Å²) < 4.78 is 49.0. The zero-order valence-corrected chi connectivity index (χ0v) is 17.4. The van der Waals surface area contributed by atoms with Gasteiger partial charge in [0.25, 0.3) is 0 Å². The highest BCUT2D eigenvalue weighted by Gasteiger charge is 1.96. The molecule has 0 aliphatic rings. The van der Waals surface area contributed by atoms with Crippen molar-refractivity contribution in [1.29, 1.82) is 0 Å². The maximum Gasteiger partial charge on any atom is 0.150 e. The van der Waals surface area contributed by atoms with Gasteiger partial charge in [-0.25, -0.2) is 4.39 Å². The van der Waals surface area contributed by atoms with Crippen LogP contribution in [-0.4, -0.2) is 98.9 Å². The lowest BCUT2D eigenvalue weighted by Gasteiger charge is -2.09. The van der Waals surface area contributed by atoms with Crippen LogP contribution in [0.25, 0.3) is 0 Å². The Morgan fingerprint density at radius 2 is 0.933 bits per heavy atom. The molecule has 0 aliphatic carbocycles. The first-order chi connectivity index (χ1) is 14.9. The SMILES string of the molecule is O=Cc1ccc(OCCOCCOCCOCCOCCOCCOCCF)cc1. The van der Waals surface area contributed by atoms with E-state index in [0.29, 0.717) is 90.6 Å². The molecule has 0 aliphatic heterocycles. The number of rotatable bonds is 22. The van der Waals surface area contributed by atoms with Crippen LogP contribution in [0.15, 0.2) is 24.3 Å². The molecule has 0 amide bonds. The molecule has 0 N–H and O–H groups in total. The van der Waals surface area contributed by atoms with Gasteiger partial charge in [-0.1, -0.05) is 0 Å². The van der Waals surface area contributed by atoms with E-state index in [0.717, 1.165) is 6.29 Å². The van der Waals surface area contributed by atoms with Gasteiger partial charge in [0.05, 0.1) is 79.3 Å². The number of ether oxygens (including phenoxy) is 7. The largest absolute Gasteiger partial charge is 0.491 e. The lowest BCUT2D eigenvalue weighted by atomic mass is 10.2. The molecule has 0 unspecified atom stereocenters. The van der Waals surface area contributed by atoms with Gasteiger partial charge in [0.2, 0.25) is 0 Å². The van der Waals surface area contributed by atoms with Gasteiger partial charge in [-0.2, -0.15) is 0 Å². The Labute approximate surface area is 177 Å². The molecule has 0 fully saturated rings. The average molecular weight is 432 g/mol. The van der Waals surface area contributed by atoms with E-state index in [2.05, 4.69) is 0 Å². The number of hydrogen-bond donors (Lipinski definition) is 0. The first-order valence-electron chi connectivity index (χ1n) is 10.1. The van der Waals surface area contributed by atoms with Crippen LogP contribution in [0.2, 0.25) is 0 Å². The number of carbonyl (C=O) groups excluding carboxylic acids is 1. The first-order valence-corrected chi connectivity index (χ1v) is 10.1. The Morgan fingerprint density at radius 1 is 0.567 bits per heavy atom. The molecule has 0 saturated heterocycles. The lowest BCUT2D eigenvalue weighted by Crippen LogP contribution is -2.15. The second-order valence-corrected chi connectivity index (χ2v) is 5.90. The van der Waals surface area contributed by atoms with Crippen LogP contribution in [0.4, 0.5) is 4.39 Å². The lowest BCUT2D eigenvalue weighted by molar-refractivity contribution is -0.0181. The van der Waals surface area contributed by atoms with E-state index in [4.69, 9.17) is 33.2 Å². The zero-order valence-electron chi connectivity index (χ0n) is 17.4. The standard InChI is InChI=1S/C21H33FO8/c22-5-6-24-7-8-25-9-10-26-11-12-27-13-14-28-15-16-29-17-18-30-21-3-1-20(19-23)2-4-21/h1-4,19H,5-18H2. The smallest absolute Gasteiger partial charge is 0.150 e. The van der Waals surface area contributed by atoms with Gasteiger partial charge in [0.1, 0.15) is 25.3 Å². The number of alkyl halides is 1. The second-order valence-electron chi connectivity index (χ2n) is 5.90. The fourth-order valence-electron chi connectivity index (χ4n) is 2.12. The van der Waals surface area contributed by atoms with Crippen LogP contribution in [0.5, 0.6) is 5.75 Å². The normalized spacial score (nSPS) is 11.0. The molecule has 0 saturated carbocycles. The summed E-state index contributed by atoms with van der Waals surface area (Å²) in [5.41, 5.74) is 0.617. The number of halogens is 1. The summed E-state index contributed by atoms with van der Waals surface area (Å²) in [6, 6.07) is 6.91. The summed E-state index contributed by atoms with van der Waals surface area (Å²) in [7, 11) is 0. The molecule has 1 aromatic carbocycles. The summed E-state index contributed by atoms with van der Waals surface area (Å²) in [5, 5.41) is 0. The Kier molecular flexibility index (Phi) is 18.2. The van der Waals surface area contributed by atoms with Crippen molar-refractivity contribution in [2.75, 3.05) is 92.6 Å². The van der Waals surface area contributed by atoms with Gasteiger partial charge in [0, 0.05) is 5.56 Å². The van der Waals surface area contributed by atoms with E-state index >= 15 is 0 Å². The van der Waals surface area contributed by atoms with E-state index in [-0.39, 0.29) is 6.61 Å². The van der Waals surface area contributed by atoms with Crippen LogP contribution in [0.1, 0.15) is 10.4 Å². The Morgan fingerprint density at radius 3 is 1.30 bits per heavy atom. The van der Waals surface area contributed by atoms with Crippen LogP contribution in [0, 0.1) is 0 Å². The number of hydrogen-bond acceptors (Lipinski definition) is 8. The minimum Gasteiger partial charge on any atom is -0.491 e.